The molecule has 3 heteroatoms. The summed E-state index contributed by atoms with van der Waals surface area (Å²) in [5.74, 6) is -0.839. The standard InChI is InChI=1S/C5H9N3/c6-5(7)3-1-2-4-8-5/h1-4,8H,6-7H2. The van der Waals surface area contributed by atoms with Crippen LogP contribution in [0.4, 0.5) is 0 Å². The van der Waals surface area contributed by atoms with Crippen LogP contribution in [0, 0.1) is 0 Å². The second-order valence-corrected chi connectivity index (χ2v) is 1.80. The summed E-state index contributed by atoms with van der Waals surface area (Å²) >= 11 is 0. The Morgan fingerprint density at radius 1 is 1.25 bits per heavy atom. The zero-order chi connectivity index (χ0) is 6.04. The molecule has 1 rings (SSSR count). The van der Waals surface area contributed by atoms with Crippen LogP contribution in [0.2, 0.25) is 0 Å². The molecule has 5 N–H and O–H groups in total. The minimum atomic E-state index is -0.839. The second-order valence-electron chi connectivity index (χ2n) is 1.80. The van der Waals surface area contributed by atoms with E-state index < -0.39 is 5.79 Å². The van der Waals surface area contributed by atoms with Crippen LogP contribution < -0.4 is 16.8 Å². The molecular formula is C5H9N3. The van der Waals surface area contributed by atoms with Crippen LogP contribution in [-0.4, -0.2) is 5.79 Å². The topological polar surface area (TPSA) is 64.1 Å². The highest BCUT2D eigenvalue weighted by molar-refractivity contribution is 5.15. The molecule has 0 amide bonds. The fraction of sp³-hybridized carbons (Fsp3) is 0.200. The molecule has 1 aliphatic rings. The van der Waals surface area contributed by atoms with Gasteiger partial charge < -0.3 is 5.32 Å². The normalized spacial score (nSPS) is 22.8. The fourth-order valence-electron chi connectivity index (χ4n) is 0.511. The van der Waals surface area contributed by atoms with Crippen molar-refractivity contribution in [3.05, 3.63) is 24.4 Å². The third-order valence-corrected chi connectivity index (χ3v) is 0.913. The Bertz CT molecular complexity index is 135. The molecule has 0 atom stereocenters. The summed E-state index contributed by atoms with van der Waals surface area (Å²) in [6.07, 6.45) is 7.03. The van der Waals surface area contributed by atoms with Gasteiger partial charge in [0, 0.05) is 0 Å². The smallest absolute Gasteiger partial charge is 0.158 e. The molecule has 1 heterocycles. The molecule has 0 aromatic carbocycles. The molecule has 0 aromatic heterocycles. The summed E-state index contributed by atoms with van der Waals surface area (Å²) in [4.78, 5) is 0. The molecule has 0 spiro atoms. The molecule has 3 nitrogen and oxygen atoms in total. The summed E-state index contributed by atoms with van der Waals surface area (Å²) in [5, 5.41) is 2.75. The average molecular weight is 111 g/mol. The van der Waals surface area contributed by atoms with E-state index in [1.54, 1.807) is 18.4 Å². The van der Waals surface area contributed by atoms with Crippen LogP contribution in [0.25, 0.3) is 0 Å². The van der Waals surface area contributed by atoms with Gasteiger partial charge in [-0.2, -0.15) is 0 Å². The molecule has 0 bridgehead atoms. The summed E-state index contributed by atoms with van der Waals surface area (Å²) in [7, 11) is 0. The minimum Gasteiger partial charge on any atom is -0.358 e. The summed E-state index contributed by atoms with van der Waals surface area (Å²) in [6, 6.07) is 0. The van der Waals surface area contributed by atoms with E-state index in [1.165, 1.54) is 0 Å². The van der Waals surface area contributed by atoms with Gasteiger partial charge in [-0.3, -0.25) is 11.5 Å². The third kappa shape index (κ3) is 1.08. The zero-order valence-electron chi connectivity index (χ0n) is 4.46. The van der Waals surface area contributed by atoms with Gasteiger partial charge in [-0.1, -0.05) is 6.08 Å². The maximum atomic E-state index is 5.41. The quantitative estimate of drug-likeness (QED) is 0.360. The van der Waals surface area contributed by atoms with Crippen molar-refractivity contribution in [2.75, 3.05) is 0 Å². The van der Waals surface area contributed by atoms with E-state index >= 15 is 0 Å². The molecule has 44 valence electrons. The first kappa shape index (κ1) is 5.34. The van der Waals surface area contributed by atoms with Gasteiger partial charge in [0.15, 0.2) is 5.79 Å². The number of nitrogens with two attached hydrogens (primary N) is 2. The Hall–Kier alpha value is -0.800. The Morgan fingerprint density at radius 3 is 2.25 bits per heavy atom. The molecule has 0 aliphatic carbocycles. The molecule has 0 unspecified atom stereocenters. The number of allylic oxidation sites excluding steroid dienone is 2. The van der Waals surface area contributed by atoms with Crippen molar-refractivity contribution < 1.29 is 0 Å². The second kappa shape index (κ2) is 1.61. The lowest BCUT2D eigenvalue weighted by Gasteiger charge is -2.22. The van der Waals surface area contributed by atoms with Gasteiger partial charge in [-0.25, -0.2) is 0 Å². The van der Waals surface area contributed by atoms with E-state index in [0.29, 0.717) is 0 Å². The van der Waals surface area contributed by atoms with Crippen molar-refractivity contribution in [2.45, 2.75) is 5.79 Å². The van der Waals surface area contributed by atoms with Gasteiger partial charge in [0.25, 0.3) is 0 Å². The van der Waals surface area contributed by atoms with Crippen LogP contribution in [0.3, 0.4) is 0 Å². The lowest BCUT2D eigenvalue weighted by Crippen LogP contribution is -2.58. The zero-order valence-corrected chi connectivity index (χ0v) is 4.46. The Morgan fingerprint density at radius 2 is 2.00 bits per heavy atom. The molecule has 8 heavy (non-hydrogen) atoms. The van der Waals surface area contributed by atoms with Gasteiger partial charge in [-0.15, -0.1) is 0 Å². The Labute approximate surface area is 48.0 Å². The van der Waals surface area contributed by atoms with Gasteiger partial charge in [0.1, 0.15) is 0 Å². The summed E-state index contributed by atoms with van der Waals surface area (Å²) in [6.45, 7) is 0. The van der Waals surface area contributed by atoms with Crippen LogP contribution in [-0.2, 0) is 0 Å². The van der Waals surface area contributed by atoms with Crippen LogP contribution >= 0.6 is 0 Å². The average Bonchev–Trinajstić information content (AvgIpc) is 1.65. The Balaban J connectivity index is 2.65. The van der Waals surface area contributed by atoms with Crippen molar-refractivity contribution in [2.24, 2.45) is 11.5 Å². The largest absolute Gasteiger partial charge is 0.358 e. The van der Waals surface area contributed by atoms with E-state index in [2.05, 4.69) is 5.32 Å². The molecule has 0 saturated heterocycles. The van der Waals surface area contributed by atoms with Crippen molar-refractivity contribution in [3.63, 3.8) is 0 Å². The molecule has 0 fully saturated rings. The van der Waals surface area contributed by atoms with Crippen LogP contribution in [0.1, 0.15) is 0 Å². The lowest BCUT2D eigenvalue weighted by atomic mass is 10.3. The van der Waals surface area contributed by atoms with Gasteiger partial charge in [0.2, 0.25) is 0 Å². The van der Waals surface area contributed by atoms with Crippen molar-refractivity contribution in [1.82, 2.24) is 5.32 Å². The number of nitrogens with one attached hydrogen (secondary N) is 1. The molecule has 0 radical (unpaired) electrons. The van der Waals surface area contributed by atoms with E-state index in [0.717, 1.165) is 0 Å². The lowest BCUT2D eigenvalue weighted by molar-refractivity contribution is 0.490. The number of hydrogen-bond acceptors (Lipinski definition) is 3. The van der Waals surface area contributed by atoms with Crippen LogP contribution in [0.5, 0.6) is 0 Å². The molecule has 1 aliphatic heterocycles. The first-order chi connectivity index (χ1) is 3.71. The van der Waals surface area contributed by atoms with Crippen molar-refractivity contribution >= 4 is 0 Å². The highest BCUT2D eigenvalue weighted by Crippen LogP contribution is 1.93. The fourth-order valence-corrected chi connectivity index (χ4v) is 0.511. The third-order valence-electron chi connectivity index (χ3n) is 0.913. The molecule has 0 aromatic rings. The molecular weight excluding hydrogens is 102 g/mol. The van der Waals surface area contributed by atoms with Crippen molar-refractivity contribution in [3.8, 4) is 0 Å². The maximum absolute atomic E-state index is 5.41. The van der Waals surface area contributed by atoms with Crippen LogP contribution in [0.15, 0.2) is 24.4 Å². The number of dihydropyridines is 1. The first-order valence-electron chi connectivity index (χ1n) is 2.40. The predicted molar refractivity (Wildman–Crippen MR) is 32.5 cm³/mol. The SMILES string of the molecule is NC1(N)C=CC=CN1. The maximum Gasteiger partial charge on any atom is 0.158 e. The first-order valence-corrected chi connectivity index (χ1v) is 2.40. The van der Waals surface area contributed by atoms with E-state index in [-0.39, 0.29) is 0 Å². The Kier molecular flexibility index (Phi) is 1.08. The van der Waals surface area contributed by atoms with E-state index in [9.17, 15) is 0 Å². The predicted octanol–water partition coefficient (Wildman–Crippen LogP) is -0.769. The van der Waals surface area contributed by atoms with Gasteiger partial charge in [0.05, 0.1) is 0 Å². The monoisotopic (exact) mass is 111 g/mol. The summed E-state index contributed by atoms with van der Waals surface area (Å²) in [5.41, 5.74) is 10.8. The van der Waals surface area contributed by atoms with Crippen molar-refractivity contribution in [1.29, 1.82) is 0 Å². The molecule has 0 saturated carbocycles. The highest BCUT2D eigenvalue weighted by Gasteiger charge is 2.11. The number of hydrogen-bond donors (Lipinski definition) is 3. The minimum absolute atomic E-state index is 0.839. The number of rotatable bonds is 0. The van der Waals surface area contributed by atoms with E-state index in [1.807, 2.05) is 6.08 Å². The van der Waals surface area contributed by atoms with Gasteiger partial charge in [-0.05, 0) is 18.4 Å². The van der Waals surface area contributed by atoms with Gasteiger partial charge >= 0.3 is 0 Å². The van der Waals surface area contributed by atoms with E-state index in [4.69, 9.17) is 11.5 Å². The summed E-state index contributed by atoms with van der Waals surface area (Å²) < 4.78 is 0. The highest BCUT2D eigenvalue weighted by atomic mass is 15.2.